The van der Waals surface area contributed by atoms with Gasteiger partial charge in [-0.2, -0.15) is 0 Å². The van der Waals surface area contributed by atoms with Gasteiger partial charge in [0.1, 0.15) is 0 Å². The first-order valence-corrected chi connectivity index (χ1v) is 11.3. The molecule has 5 nitrogen and oxygen atoms in total. The van der Waals surface area contributed by atoms with Crippen molar-refractivity contribution in [3.8, 4) is 11.1 Å². The largest absolute Gasteiger partial charge is 0.454 e. The van der Waals surface area contributed by atoms with E-state index >= 15 is 0 Å². The minimum atomic E-state index is -0.697. The molecule has 0 aromatic heterocycles. The third kappa shape index (κ3) is 5.47. The number of ketones is 1. The summed E-state index contributed by atoms with van der Waals surface area (Å²) in [5, 5.41) is 2.73. The number of anilines is 1. The number of benzene rings is 4. The number of nitrogens with one attached hydrogen (secondary N) is 1. The van der Waals surface area contributed by atoms with Crippen LogP contribution in [0.1, 0.15) is 31.1 Å². The first-order chi connectivity index (χ1) is 16.5. The molecular formula is C28H20BrNO4. The Morgan fingerprint density at radius 2 is 1.26 bits per heavy atom. The molecule has 0 bridgehead atoms. The Kier molecular flexibility index (Phi) is 7.30. The van der Waals surface area contributed by atoms with Crippen LogP contribution >= 0.6 is 15.9 Å². The van der Waals surface area contributed by atoms with Gasteiger partial charge >= 0.3 is 5.97 Å². The maximum absolute atomic E-state index is 12.7. The van der Waals surface area contributed by atoms with Gasteiger partial charge < -0.3 is 10.1 Å². The van der Waals surface area contributed by atoms with E-state index in [-0.39, 0.29) is 17.3 Å². The van der Waals surface area contributed by atoms with Crippen LogP contribution in [0, 0.1) is 0 Å². The summed E-state index contributed by atoms with van der Waals surface area (Å²) in [5.74, 6) is -1.39. The molecule has 0 unspecified atom stereocenters. The summed E-state index contributed by atoms with van der Waals surface area (Å²) in [7, 11) is 0. The third-order valence-corrected chi connectivity index (χ3v) is 5.85. The highest BCUT2D eigenvalue weighted by Gasteiger charge is 2.18. The number of para-hydroxylation sites is 1. The maximum atomic E-state index is 12.7. The van der Waals surface area contributed by atoms with Gasteiger partial charge in [0.25, 0.3) is 5.91 Å². The number of carbonyl (C=O) groups is 3. The zero-order chi connectivity index (χ0) is 23.9. The second-order valence-corrected chi connectivity index (χ2v) is 8.28. The number of hydrogen-bond acceptors (Lipinski definition) is 4. The Labute approximate surface area is 205 Å². The first-order valence-electron chi connectivity index (χ1n) is 10.5. The summed E-state index contributed by atoms with van der Waals surface area (Å²) >= 11 is 3.35. The molecule has 0 saturated carbocycles. The SMILES string of the molecule is O=C(COC(=O)c1ccccc1NC(=O)c1ccccc1Br)c1ccc(-c2ccccc2)cc1. The van der Waals surface area contributed by atoms with Crippen molar-refractivity contribution in [1.29, 1.82) is 0 Å². The second kappa shape index (κ2) is 10.7. The van der Waals surface area contributed by atoms with Crippen LogP contribution in [0.15, 0.2) is 108 Å². The van der Waals surface area contributed by atoms with Crippen molar-refractivity contribution in [2.45, 2.75) is 0 Å². The molecule has 0 aliphatic heterocycles. The van der Waals surface area contributed by atoms with E-state index in [9.17, 15) is 14.4 Å². The van der Waals surface area contributed by atoms with Gasteiger partial charge in [0, 0.05) is 10.0 Å². The Morgan fingerprint density at radius 3 is 1.97 bits per heavy atom. The molecule has 1 amide bonds. The van der Waals surface area contributed by atoms with Crippen LogP contribution in [0.5, 0.6) is 0 Å². The first kappa shape index (κ1) is 23.1. The number of amides is 1. The van der Waals surface area contributed by atoms with E-state index < -0.39 is 12.6 Å². The Morgan fingerprint density at radius 1 is 0.676 bits per heavy atom. The summed E-state index contributed by atoms with van der Waals surface area (Å²) in [5.41, 5.74) is 3.38. The lowest BCUT2D eigenvalue weighted by atomic mass is 10.0. The van der Waals surface area contributed by atoms with Gasteiger partial charge in [-0.15, -0.1) is 0 Å². The normalized spacial score (nSPS) is 10.4. The highest BCUT2D eigenvalue weighted by molar-refractivity contribution is 9.10. The molecule has 1 N–H and O–H groups in total. The van der Waals surface area contributed by atoms with Crippen LogP contribution in [0.4, 0.5) is 5.69 Å². The number of Topliss-reactive ketones (excluding diaryl/α,β-unsaturated/α-hetero) is 1. The molecule has 0 spiro atoms. The topological polar surface area (TPSA) is 72.5 Å². The lowest BCUT2D eigenvalue weighted by molar-refractivity contribution is 0.0475. The fraction of sp³-hybridized carbons (Fsp3) is 0.0357. The van der Waals surface area contributed by atoms with Crippen LogP contribution < -0.4 is 5.32 Å². The van der Waals surface area contributed by atoms with E-state index in [1.54, 1.807) is 54.6 Å². The number of halogens is 1. The smallest absolute Gasteiger partial charge is 0.340 e. The average Bonchev–Trinajstić information content (AvgIpc) is 2.88. The van der Waals surface area contributed by atoms with Gasteiger partial charge in [-0.05, 0) is 51.3 Å². The van der Waals surface area contributed by atoms with Gasteiger partial charge in [-0.25, -0.2) is 4.79 Å². The quantitative estimate of drug-likeness (QED) is 0.229. The van der Waals surface area contributed by atoms with Crippen LogP contribution in [-0.2, 0) is 4.74 Å². The van der Waals surface area contributed by atoms with E-state index in [1.807, 2.05) is 42.5 Å². The van der Waals surface area contributed by atoms with Gasteiger partial charge in [0.15, 0.2) is 12.4 Å². The summed E-state index contributed by atoms with van der Waals surface area (Å²) in [4.78, 5) is 37.9. The van der Waals surface area contributed by atoms with E-state index in [0.717, 1.165) is 11.1 Å². The van der Waals surface area contributed by atoms with E-state index in [1.165, 1.54) is 6.07 Å². The van der Waals surface area contributed by atoms with Crippen LogP contribution in [-0.4, -0.2) is 24.3 Å². The van der Waals surface area contributed by atoms with Crippen molar-refractivity contribution < 1.29 is 19.1 Å². The minimum Gasteiger partial charge on any atom is -0.454 e. The molecule has 6 heteroatoms. The second-order valence-electron chi connectivity index (χ2n) is 7.42. The van der Waals surface area contributed by atoms with Crippen molar-refractivity contribution in [2.75, 3.05) is 11.9 Å². The lowest BCUT2D eigenvalue weighted by Gasteiger charge is -2.11. The number of hydrogen-bond donors (Lipinski definition) is 1. The Bertz CT molecular complexity index is 1330. The summed E-state index contributed by atoms with van der Waals surface area (Å²) in [6.45, 7) is -0.407. The average molecular weight is 514 g/mol. The Hall–Kier alpha value is -4.03. The van der Waals surface area contributed by atoms with Crippen molar-refractivity contribution >= 4 is 39.3 Å². The highest BCUT2D eigenvalue weighted by atomic mass is 79.9. The molecule has 0 saturated heterocycles. The zero-order valence-corrected chi connectivity index (χ0v) is 19.6. The number of ether oxygens (including phenoxy) is 1. The molecule has 4 aromatic rings. The standard InChI is InChI=1S/C28H20BrNO4/c29-24-12-6-4-10-22(24)27(32)30-25-13-7-5-11-23(25)28(33)34-18-26(31)21-16-14-20(15-17-21)19-8-2-1-3-9-19/h1-17H,18H2,(H,30,32). The molecule has 34 heavy (non-hydrogen) atoms. The van der Waals surface area contributed by atoms with E-state index in [2.05, 4.69) is 21.2 Å². The number of esters is 1. The zero-order valence-electron chi connectivity index (χ0n) is 18.0. The van der Waals surface area contributed by atoms with Crippen LogP contribution in [0.3, 0.4) is 0 Å². The molecular weight excluding hydrogens is 494 g/mol. The monoisotopic (exact) mass is 513 g/mol. The number of carbonyl (C=O) groups excluding carboxylic acids is 3. The summed E-state index contributed by atoms with van der Waals surface area (Å²) in [6, 6.07) is 30.5. The van der Waals surface area contributed by atoms with Gasteiger partial charge in [-0.1, -0.05) is 78.9 Å². The molecule has 0 atom stereocenters. The molecule has 4 rings (SSSR count). The summed E-state index contributed by atoms with van der Waals surface area (Å²) in [6.07, 6.45) is 0. The van der Waals surface area contributed by atoms with Crippen LogP contribution in [0.25, 0.3) is 11.1 Å². The lowest BCUT2D eigenvalue weighted by Crippen LogP contribution is -2.18. The third-order valence-electron chi connectivity index (χ3n) is 5.16. The molecule has 168 valence electrons. The molecule has 0 heterocycles. The van der Waals surface area contributed by atoms with Gasteiger partial charge in [-0.3, -0.25) is 9.59 Å². The predicted molar refractivity (Wildman–Crippen MR) is 135 cm³/mol. The van der Waals surface area contributed by atoms with Gasteiger partial charge in [0.2, 0.25) is 0 Å². The van der Waals surface area contributed by atoms with Crippen molar-refractivity contribution in [2.24, 2.45) is 0 Å². The van der Waals surface area contributed by atoms with Crippen molar-refractivity contribution in [1.82, 2.24) is 0 Å². The summed E-state index contributed by atoms with van der Waals surface area (Å²) < 4.78 is 5.90. The molecule has 0 aliphatic rings. The minimum absolute atomic E-state index is 0.162. The van der Waals surface area contributed by atoms with Crippen LogP contribution in [0.2, 0.25) is 0 Å². The van der Waals surface area contributed by atoms with E-state index in [4.69, 9.17) is 4.74 Å². The fourth-order valence-electron chi connectivity index (χ4n) is 3.38. The van der Waals surface area contributed by atoms with Gasteiger partial charge in [0.05, 0.1) is 16.8 Å². The van der Waals surface area contributed by atoms with Crippen molar-refractivity contribution in [3.63, 3.8) is 0 Å². The molecule has 4 aromatic carbocycles. The fourth-order valence-corrected chi connectivity index (χ4v) is 3.84. The molecule has 0 aliphatic carbocycles. The van der Waals surface area contributed by atoms with Crippen molar-refractivity contribution in [3.05, 3.63) is 124 Å². The molecule has 0 fully saturated rings. The predicted octanol–water partition coefficient (Wildman–Crippen LogP) is 6.41. The maximum Gasteiger partial charge on any atom is 0.340 e. The number of rotatable bonds is 7. The molecule has 0 radical (unpaired) electrons. The Balaban J connectivity index is 1.41. The highest BCUT2D eigenvalue weighted by Crippen LogP contribution is 2.22. The van der Waals surface area contributed by atoms with E-state index in [0.29, 0.717) is 21.3 Å².